The average Bonchev–Trinajstić information content (AvgIpc) is 2.56. The molecule has 1 atom stereocenters. The highest BCUT2D eigenvalue weighted by atomic mass is 127. The molecule has 0 amide bonds. The van der Waals surface area contributed by atoms with Crippen molar-refractivity contribution in [2.24, 2.45) is 10.9 Å². The molecule has 4 heteroatoms. The van der Waals surface area contributed by atoms with Gasteiger partial charge in [0, 0.05) is 22.9 Å². The van der Waals surface area contributed by atoms with Gasteiger partial charge in [-0.25, -0.2) is 0 Å². The molecule has 128 valence electrons. The van der Waals surface area contributed by atoms with Crippen LogP contribution in [-0.4, -0.2) is 5.71 Å². The zero-order valence-electron chi connectivity index (χ0n) is 14.0. The third-order valence-electron chi connectivity index (χ3n) is 4.48. The van der Waals surface area contributed by atoms with Gasteiger partial charge in [-0.1, -0.05) is 63.3 Å². The van der Waals surface area contributed by atoms with E-state index in [9.17, 15) is 0 Å². The first-order valence-corrected chi connectivity index (χ1v) is 11.8. The molecule has 1 nitrogen and oxygen atoms in total. The summed E-state index contributed by atoms with van der Waals surface area (Å²) in [5.74, 6) is 0.489. The standard InChI is InChI=1S/C20H23I2NS/c1-2-3-4-5-6-7-8-14-11-16(22)13-19-20(14)23-17-10-9-15(21)12-18(17)24-19/h9-14H,2-8H2,1H3. The lowest BCUT2D eigenvalue weighted by molar-refractivity contribution is 0.572. The Morgan fingerprint density at radius 3 is 2.71 bits per heavy atom. The Kier molecular flexibility index (Phi) is 7.28. The zero-order valence-corrected chi connectivity index (χ0v) is 19.2. The van der Waals surface area contributed by atoms with E-state index in [2.05, 4.69) is 82.5 Å². The highest BCUT2D eigenvalue weighted by Crippen LogP contribution is 2.45. The zero-order chi connectivity index (χ0) is 16.9. The summed E-state index contributed by atoms with van der Waals surface area (Å²) in [5, 5.41) is 0. The Balaban J connectivity index is 1.69. The van der Waals surface area contributed by atoms with Crippen LogP contribution in [0.4, 0.5) is 5.69 Å². The van der Waals surface area contributed by atoms with E-state index in [0.29, 0.717) is 5.92 Å². The average molecular weight is 563 g/mol. The van der Waals surface area contributed by atoms with Crippen molar-refractivity contribution in [3.05, 3.63) is 42.4 Å². The minimum atomic E-state index is 0.489. The van der Waals surface area contributed by atoms with E-state index in [1.54, 1.807) is 0 Å². The molecule has 0 spiro atoms. The molecule has 1 heterocycles. The number of halogens is 2. The summed E-state index contributed by atoms with van der Waals surface area (Å²) in [4.78, 5) is 7.68. The molecule has 0 aromatic heterocycles. The molecule has 1 aliphatic carbocycles. The maximum Gasteiger partial charge on any atom is 0.0773 e. The normalized spacial score (nSPS) is 19.1. The van der Waals surface area contributed by atoms with E-state index in [1.807, 2.05) is 11.8 Å². The summed E-state index contributed by atoms with van der Waals surface area (Å²) in [6, 6.07) is 6.57. The van der Waals surface area contributed by atoms with Crippen molar-refractivity contribution in [2.75, 3.05) is 0 Å². The summed E-state index contributed by atoms with van der Waals surface area (Å²) in [6.45, 7) is 2.28. The van der Waals surface area contributed by atoms with E-state index in [1.165, 1.54) is 67.6 Å². The van der Waals surface area contributed by atoms with Gasteiger partial charge < -0.3 is 0 Å². The van der Waals surface area contributed by atoms with Gasteiger partial charge in [-0.3, -0.25) is 4.99 Å². The van der Waals surface area contributed by atoms with Crippen molar-refractivity contribution in [3.8, 4) is 0 Å². The predicted molar refractivity (Wildman–Crippen MR) is 124 cm³/mol. The molecule has 0 bridgehead atoms. The van der Waals surface area contributed by atoms with Crippen molar-refractivity contribution in [3.63, 3.8) is 0 Å². The van der Waals surface area contributed by atoms with Crippen LogP contribution in [0, 0.1) is 9.49 Å². The second kappa shape index (κ2) is 9.21. The lowest BCUT2D eigenvalue weighted by atomic mass is 9.91. The number of fused-ring (bicyclic) bond motifs is 2. The lowest BCUT2D eigenvalue weighted by Crippen LogP contribution is -2.18. The lowest BCUT2D eigenvalue weighted by Gasteiger charge is -2.26. The number of rotatable bonds is 7. The van der Waals surface area contributed by atoms with Crippen molar-refractivity contribution in [1.29, 1.82) is 0 Å². The largest absolute Gasteiger partial charge is 0.250 e. The fourth-order valence-corrected chi connectivity index (χ4v) is 5.98. The Labute approximate surface area is 177 Å². The third kappa shape index (κ3) is 4.87. The predicted octanol–water partition coefficient (Wildman–Crippen LogP) is 8.05. The summed E-state index contributed by atoms with van der Waals surface area (Å²) in [7, 11) is 0. The van der Waals surface area contributed by atoms with E-state index in [0.717, 1.165) is 5.69 Å². The van der Waals surface area contributed by atoms with Gasteiger partial charge >= 0.3 is 0 Å². The second-order valence-corrected chi connectivity index (χ2v) is 10.0. The van der Waals surface area contributed by atoms with Crippen LogP contribution >= 0.6 is 56.9 Å². The number of hydrogen-bond donors (Lipinski definition) is 0. The van der Waals surface area contributed by atoms with E-state index in [4.69, 9.17) is 4.99 Å². The van der Waals surface area contributed by atoms with Gasteiger partial charge in [-0.15, -0.1) is 0 Å². The van der Waals surface area contributed by atoms with Crippen LogP contribution in [0.1, 0.15) is 51.9 Å². The Bertz CT molecular complexity index is 691. The Morgan fingerprint density at radius 2 is 1.88 bits per heavy atom. The van der Waals surface area contributed by atoms with Gasteiger partial charge in [0.1, 0.15) is 0 Å². The summed E-state index contributed by atoms with van der Waals surface area (Å²) < 4.78 is 2.64. The van der Waals surface area contributed by atoms with Gasteiger partial charge in [0.15, 0.2) is 0 Å². The SMILES string of the molecule is CCCCCCCCC1C=C(I)C=C2Sc3cc(I)ccc3N=C21. The number of aliphatic imine (C=N–C) groups is 1. The first kappa shape index (κ1) is 19.0. The van der Waals surface area contributed by atoms with E-state index < -0.39 is 0 Å². The topological polar surface area (TPSA) is 12.4 Å². The van der Waals surface area contributed by atoms with E-state index in [-0.39, 0.29) is 0 Å². The van der Waals surface area contributed by atoms with Crippen molar-refractivity contribution >= 4 is 68.3 Å². The minimum absolute atomic E-state index is 0.489. The number of thioether (sulfide) groups is 1. The van der Waals surface area contributed by atoms with Gasteiger partial charge in [-0.05, 0) is 75.9 Å². The third-order valence-corrected chi connectivity index (χ3v) is 6.92. The molecule has 1 aliphatic heterocycles. The Hall–Kier alpha value is 0.180. The van der Waals surface area contributed by atoms with Gasteiger partial charge in [0.2, 0.25) is 0 Å². The maximum absolute atomic E-state index is 5.03. The summed E-state index contributed by atoms with van der Waals surface area (Å²) in [5.41, 5.74) is 2.44. The van der Waals surface area contributed by atoms with Crippen LogP contribution < -0.4 is 0 Å². The molecule has 0 radical (unpaired) electrons. The Morgan fingerprint density at radius 1 is 1.08 bits per heavy atom. The molecule has 1 aromatic rings. The molecular formula is C20H23I2NS. The quantitative estimate of drug-likeness (QED) is 0.242. The molecule has 0 N–H and O–H groups in total. The van der Waals surface area contributed by atoms with Crippen LogP contribution in [0.2, 0.25) is 0 Å². The highest BCUT2D eigenvalue weighted by Gasteiger charge is 2.27. The number of nitrogens with zero attached hydrogens (tertiary/aromatic N) is 1. The molecule has 0 saturated carbocycles. The summed E-state index contributed by atoms with van der Waals surface area (Å²) in [6.07, 6.45) is 14.1. The number of benzene rings is 1. The molecule has 0 fully saturated rings. The monoisotopic (exact) mass is 563 g/mol. The van der Waals surface area contributed by atoms with Gasteiger partial charge in [0.25, 0.3) is 0 Å². The fraction of sp³-hybridized carbons (Fsp3) is 0.450. The van der Waals surface area contributed by atoms with Crippen molar-refractivity contribution < 1.29 is 0 Å². The molecule has 24 heavy (non-hydrogen) atoms. The van der Waals surface area contributed by atoms with Crippen molar-refractivity contribution in [2.45, 2.75) is 56.8 Å². The van der Waals surface area contributed by atoms with Gasteiger partial charge in [-0.2, -0.15) is 0 Å². The number of unbranched alkanes of at least 4 members (excludes halogenated alkanes) is 5. The fourth-order valence-electron chi connectivity index (χ4n) is 3.20. The number of hydrogen-bond acceptors (Lipinski definition) is 2. The van der Waals surface area contributed by atoms with Crippen LogP contribution in [0.25, 0.3) is 0 Å². The van der Waals surface area contributed by atoms with Crippen molar-refractivity contribution in [1.82, 2.24) is 0 Å². The molecule has 0 saturated heterocycles. The van der Waals surface area contributed by atoms with E-state index >= 15 is 0 Å². The van der Waals surface area contributed by atoms with Crippen LogP contribution in [0.5, 0.6) is 0 Å². The number of allylic oxidation sites excluding steroid dienone is 4. The molecule has 1 aromatic carbocycles. The minimum Gasteiger partial charge on any atom is -0.250 e. The molecule has 2 aliphatic rings. The van der Waals surface area contributed by atoms with Crippen LogP contribution in [0.15, 0.2) is 48.7 Å². The first-order chi connectivity index (χ1) is 11.7. The van der Waals surface area contributed by atoms with Crippen LogP contribution in [0.3, 0.4) is 0 Å². The molecule has 1 unspecified atom stereocenters. The highest BCUT2D eigenvalue weighted by molar-refractivity contribution is 14.1. The molecular weight excluding hydrogens is 540 g/mol. The smallest absolute Gasteiger partial charge is 0.0773 e. The van der Waals surface area contributed by atoms with Crippen LogP contribution in [-0.2, 0) is 0 Å². The molecule has 3 rings (SSSR count). The summed E-state index contributed by atoms with van der Waals surface area (Å²) >= 11 is 6.73. The first-order valence-electron chi connectivity index (χ1n) is 8.82. The second-order valence-electron chi connectivity index (χ2n) is 6.43. The maximum atomic E-state index is 5.03. The van der Waals surface area contributed by atoms with Gasteiger partial charge in [0.05, 0.1) is 11.4 Å².